The Hall–Kier alpha value is -1.16. The van der Waals surface area contributed by atoms with Crippen molar-refractivity contribution in [3.05, 3.63) is 12.2 Å². The summed E-state index contributed by atoms with van der Waals surface area (Å²) in [6.07, 6.45) is 5.94. The van der Waals surface area contributed by atoms with Crippen molar-refractivity contribution in [3.63, 3.8) is 0 Å². The van der Waals surface area contributed by atoms with Crippen LogP contribution >= 0.6 is 0 Å². The summed E-state index contributed by atoms with van der Waals surface area (Å²) in [4.78, 5) is 23.1. The quantitative estimate of drug-likeness (QED) is 0.606. The molecule has 0 bridgehead atoms. The van der Waals surface area contributed by atoms with E-state index in [0.29, 0.717) is 0 Å². The summed E-state index contributed by atoms with van der Waals surface area (Å²) in [5, 5.41) is 3.21. The Balaban J connectivity index is 2.21. The molecule has 0 N–H and O–H groups in total. The summed E-state index contributed by atoms with van der Waals surface area (Å²) in [7, 11) is 0. The number of imide groups is 1. The summed E-state index contributed by atoms with van der Waals surface area (Å²) in [6.45, 7) is 4.13. The Morgan fingerprint density at radius 2 is 1.53 bits per heavy atom. The van der Waals surface area contributed by atoms with E-state index in [-0.39, 0.29) is 23.9 Å². The molecule has 4 nitrogen and oxygen atoms in total. The van der Waals surface area contributed by atoms with Gasteiger partial charge in [-0.1, -0.05) is 6.42 Å². The van der Waals surface area contributed by atoms with Gasteiger partial charge in [-0.25, -0.2) is 10.0 Å². The van der Waals surface area contributed by atoms with Crippen LogP contribution in [0.4, 0.5) is 0 Å². The van der Waals surface area contributed by atoms with Crippen molar-refractivity contribution < 1.29 is 9.59 Å². The van der Waals surface area contributed by atoms with Gasteiger partial charge in [-0.3, -0.25) is 9.59 Å². The first-order chi connectivity index (χ1) is 7.11. The first kappa shape index (κ1) is 10.4. The molecular weight excluding hydrogens is 192 g/mol. The van der Waals surface area contributed by atoms with Gasteiger partial charge in [0, 0.05) is 24.2 Å². The van der Waals surface area contributed by atoms with E-state index in [0.717, 1.165) is 12.8 Å². The molecule has 0 aromatic rings. The number of hydrogen-bond donors (Lipinski definition) is 0. The van der Waals surface area contributed by atoms with E-state index in [9.17, 15) is 9.59 Å². The highest BCUT2D eigenvalue weighted by Gasteiger charge is 2.37. The normalized spacial score (nSPS) is 32.8. The van der Waals surface area contributed by atoms with E-state index in [1.807, 2.05) is 5.01 Å². The molecule has 0 aromatic heterocycles. The number of rotatable bonds is 1. The lowest BCUT2D eigenvalue weighted by Gasteiger charge is -2.42. The number of carbonyl (C=O) groups is 2. The van der Waals surface area contributed by atoms with Crippen LogP contribution in [0.5, 0.6) is 0 Å². The minimum absolute atomic E-state index is 0.208. The maximum atomic E-state index is 11.6. The molecule has 2 amide bonds. The van der Waals surface area contributed by atoms with Gasteiger partial charge >= 0.3 is 0 Å². The second-order valence-corrected chi connectivity index (χ2v) is 4.33. The number of carbonyl (C=O) groups excluding carboxylic acids is 2. The van der Waals surface area contributed by atoms with Crippen LogP contribution in [0.1, 0.15) is 33.1 Å². The molecule has 1 fully saturated rings. The lowest BCUT2D eigenvalue weighted by atomic mass is 9.99. The summed E-state index contributed by atoms with van der Waals surface area (Å²) >= 11 is 0. The number of hydrogen-bond acceptors (Lipinski definition) is 3. The molecule has 15 heavy (non-hydrogen) atoms. The van der Waals surface area contributed by atoms with Gasteiger partial charge in [0.15, 0.2) is 0 Å². The maximum absolute atomic E-state index is 11.6. The molecule has 2 atom stereocenters. The van der Waals surface area contributed by atoms with Gasteiger partial charge in [0.25, 0.3) is 11.8 Å². The molecule has 0 saturated carbocycles. The molecular formula is C11H16N2O2. The van der Waals surface area contributed by atoms with Gasteiger partial charge in [-0.05, 0) is 26.7 Å². The minimum atomic E-state index is -0.208. The number of nitrogens with zero attached hydrogens (tertiary/aromatic N) is 2. The third-order valence-electron chi connectivity index (χ3n) is 3.16. The van der Waals surface area contributed by atoms with Gasteiger partial charge in [-0.15, -0.1) is 0 Å². The third kappa shape index (κ3) is 1.69. The molecule has 2 rings (SSSR count). The van der Waals surface area contributed by atoms with Crippen LogP contribution < -0.4 is 0 Å². The predicted molar refractivity (Wildman–Crippen MR) is 55.6 cm³/mol. The van der Waals surface area contributed by atoms with Gasteiger partial charge in [0.2, 0.25) is 0 Å². The lowest BCUT2D eigenvalue weighted by Crippen LogP contribution is -2.56. The van der Waals surface area contributed by atoms with Gasteiger partial charge in [0.05, 0.1) is 0 Å². The van der Waals surface area contributed by atoms with Crippen LogP contribution in [0.25, 0.3) is 0 Å². The van der Waals surface area contributed by atoms with E-state index in [4.69, 9.17) is 0 Å². The summed E-state index contributed by atoms with van der Waals surface area (Å²) in [5.41, 5.74) is 0. The van der Waals surface area contributed by atoms with E-state index in [1.54, 1.807) is 0 Å². The zero-order valence-corrected chi connectivity index (χ0v) is 9.14. The van der Waals surface area contributed by atoms with Crippen molar-refractivity contribution in [1.29, 1.82) is 0 Å². The topological polar surface area (TPSA) is 40.6 Å². The highest BCUT2D eigenvalue weighted by Crippen LogP contribution is 2.26. The molecule has 0 spiro atoms. The second kappa shape index (κ2) is 3.77. The minimum Gasteiger partial charge on any atom is -0.268 e. The predicted octanol–water partition coefficient (Wildman–Crippen LogP) is 1.09. The Kier molecular flexibility index (Phi) is 2.61. The largest absolute Gasteiger partial charge is 0.268 e. The fourth-order valence-corrected chi connectivity index (χ4v) is 2.42. The molecule has 2 unspecified atom stereocenters. The Bertz CT molecular complexity index is 297. The molecule has 2 aliphatic heterocycles. The lowest BCUT2D eigenvalue weighted by molar-refractivity contribution is -0.167. The summed E-state index contributed by atoms with van der Waals surface area (Å²) < 4.78 is 0. The molecule has 82 valence electrons. The van der Waals surface area contributed by atoms with Crippen LogP contribution in [0.2, 0.25) is 0 Å². The third-order valence-corrected chi connectivity index (χ3v) is 3.16. The van der Waals surface area contributed by atoms with Crippen LogP contribution in [-0.2, 0) is 9.59 Å². The van der Waals surface area contributed by atoms with Crippen LogP contribution in [0, 0.1) is 0 Å². The van der Waals surface area contributed by atoms with Crippen molar-refractivity contribution >= 4 is 11.8 Å². The molecule has 0 aromatic carbocycles. The summed E-state index contributed by atoms with van der Waals surface area (Å²) in [6, 6.07) is 0.531. The molecule has 2 aliphatic rings. The molecule has 0 radical (unpaired) electrons. The van der Waals surface area contributed by atoms with Crippen molar-refractivity contribution in [2.75, 3.05) is 0 Å². The zero-order chi connectivity index (χ0) is 11.0. The average Bonchev–Trinajstić information content (AvgIpc) is 2.49. The Labute approximate surface area is 89.5 Å². The Morgan fingerprint density at radius 1 is 1.07 bits per heavy atom. The SMILES string of the molecule is CC1CCCC(C)N1N1C(=O)C=CC1=O. The average molecular weight is 208 g/mol. The van der Waals surface area contributed by atoms with Gasteiger partial charge in [-0.2, -0.15) is 0 Å². The number of hydrazine groups is 1. The van der Waals surface area contributed by atoms with E-state index in [1.165, 1.54) is 23.6 Å². The monoisotopic (exact) mass is 208 g/mol. The van der Waals surface area contributed by atoms with E-state index < -0.39 is 0 Å². The van der Waals surface area contributed by atoms with Crippen LogP contribution in [0.3, 0.4) is 0 Å². The van der Waals surface area contributed by atoms with Gasteiger partial charge < -0.3 is 0 Å². The fourth-order valence-electron chi connectivity index (χ4n) is 2.42. The maximum Gasteiger partial charge on any atom is 0.268 e. The van der Waals surface area contributed by atoms with Crippen LogP contribution in [0.15, 0.2) is 12.2 Å². The molecule has 1 saturated heterocycles. The van der Waals surface area contributed by atoms with Crippen molar-refractivity contribution in [3.8, 4) is 0 Å². The van der Waals surface area contributed by atoms with Crippen molar-refractivity contribution in [2.45, 2.75) is 45.2 Å². The molecule has 0 aliphatic carbocycles. The highest BCUT2D eigenvalue weighted by molar-refractivity contribution is 6.12. The van der Waals surface area contributed by atoms with Crippen molar-refractivity contribution in [1.82, 2.24) is 10.0 Å². The van der Waals surface area contributed by atoms with Gasteiger partial charge in [0.1, 0.15) is 0 Å². The van der Waals surface area contributed by atoms with Crippen LogP contribution in [-0.4, -0.2) is 33.9 Å². The summed E-state index contributed by atoms with van der Waals surface area (Å²) in [5.74, 6) is -0.416. The first-order valence-electron chi connectivity index (χ1n) is 5.45. The first-order valence-corrected chi connectivity index (χ1v) is 5.45. The Morgan fingerprint density at radius 3 is 2.00 bits per heavy atom. The number of piperidine rings is 1. The second-order valence-electron chi connectivity index (χ2n) is 4.33. The molecule has 2 heterocycles. The number of amides is 2. The van der Waals surface area contributed by atoms with E-state index in [2.05, 4.69) is 13.8 Å². The zero-order valence-electron chi connectivity index (χ0n) is 9.14. The highest BCUT2D eigenvalue weighted by atomic mass is 16.2. The van der Waals surface area contributed by atoms with Crippen molar-refractivity contribution in [2.24, 2.45) is 0 Å². The van der Waals surface area contributed by atoms with E-state index >= 15 is 0 Å². The smallest absolute Gasteiger partial charge is 0.268 e. The fraction of sp³-hybridized carbons (Fsp3) is 0.636. The standard InChI is InChI=1S/C11H16N2O2/c1-8-4-3-5-9(2)12(8)13-10(14)6-7-11(13)15/h6-9H,3-5H2,1-2H3. The molecule has 4 heteroatoms.